The lowest BCUT2D eigenvalue weighted by Gasteiger charge is -2.32. The Kier molecular flexibility index (Phi) is 4.22. The van der Waals surface area contributed by atoms with Crippen molar-refractivity contribution in [3.05, 3.63) is 107 Å². The zero-order chi connectivity index (χ0) is 18.1. The summed E-state index contributed by atoms with van der Waals surface area (Å²) in [7, 11) is 0. The molecule has 4 rings (SSSR count). The van der Waals surface area contributed by atoms with Gasteiger partial charge >= 0.3 is 0 Å². The summed E-state index contributed by atoms with van der Waals surface area (Å²) in [6.45, 7) is 0.0709. The fourth-order valence-electron chi connectivity index (χ4n) is 2.83. The van der Waals surface area contributed by atoms with Crippen LogP contribution < -0.4 is 5.32 Å². The number of allylic oxidation sites excluding steroid dienone is 4. The third-order valence-electron chi connectivity index (χ3n) is 4.21. The average Bonchev–Trinajstić information content (AvgIpc) is 2.66. The maximum absolute atomic E-state index is 13.9. The van der Waals surface area contributed by atoms with Crippen molar-refractivity contribution in [3.63, 3.8) is 0 Å². The van der Waals surface area contributed by atoms with Crippen molar-refractivity contribution < 1.29 is 9.18 Å². The Balaban J connectivity index is 1.48. The summed E-state index contributed by atoms with van der Waals surface area (Å²) in [5.41, 5.74) is 2.79. The number of amides is 1. The number of benzene rings is 1. The lowest BCUT2D eigenvalue weighted by molar-refractivity contribution is -0.117. The van der Waals surface area contributed by atoms with E-state index in [1.807, 2.05) is 52.7 Å². The van der Waals surface area contributed by atoms with Gasteiger partial charge in [-0.1, -0.05) is 29.8 Å². The first-order valence-corrected chi connectivity index (χ1v) is 8.46. The molecule has 4 nitrogen and oxygen atoms in total. The molecule has 1 amide bonds. The highest BCUT2D eigenvalue weighted by molar-refractivity contribution is 6.30. The summed E-state index contributed by atoms with van der Waals surface area (Å²) in [4.78, 5) is 16.3. The fourth-order valence-corrected chi connectivity index (χ4v) is 3.02. The van der Waals surface area contributed by atoms with Crippen LogP contribution in [0.25, 0.3) is 0 Å². The summed E-state index contributed by atoms with van der Waals surface area (Å²) in [5.74, 6) is -0.787. The van der Waals surface area contributed by atoms with E-state index in [1.54, 1.807) is 24.4 Å². The summed E-state index contributed by atoms with van der Waals surface area (Å²) in [5, 5.41) is 2.77. The van der Waals surface area contributed by atoms with Crippen LogP contribution in [0.3, 0.4) is 0 Å². The van der Waals surface area contributed by atoms with E-state index < -0.39 is 5.82 Å². The Bertz CT molecular complexity index is 956. The van der Waals surface area contributed by atoms with Gasteiger partial charge in [0.25, 0.3) is 5.91 Å². The van der Waals surface area contributed by atoms with Gasteiger partial charge < -0.3 is 15.1 Å². The molecule has 0 radical (unpaired) electrons. The van der Waals surface area contributed by atoms with Crippen molar-refractivity contribution in [1.29, 1.82) is 0 Å². The number of hydrogen-bond acceptors (Lipinski definition) is 3. The van der Waals surface area contributed by atoms with Crippen molar-refractivity contribution in [2.45, 2.75) is 6.54 Å². The van der Waals surface area contributed by atoms with E-state index in [4.69, 9.17) is 11.6 Å². The topological polar surface area (TPSA) is 35.6 Å². The van der Waals surface area contributed by atoms with Gasteiger partial charge in [-0.3, -0.25) is 4.79 Å². The van der Waals surface area contributed by atoms with E-state index in [-0.39, 0.29) is 17.5 Å². The van der Waals surface area contributed by atoms with Crippen LogP contribution in [0.5, 0.6) is 0 Å². The standard InChI is InChI=1S/C20H15ClFN3O/c21-18-6-3-4-14(19(18)22)10-23-20(26)15-7-8-17-12-24-9-2-1-5-16(24)13-25(17)11-15/h1-9,11-13H,10H2,(H,23,26). The number of fused-ring (bicyclic) bond motifs is 2. The van der Waals surface area contributed by atoms with E-state index in [2.05, 4.69) is 5.32 Å². The van der Waals surface area contributed by atoms with Crippen LogP contribution in [0.1, 0.15) is 5.56 Å². The Hall–Kier alpha value is -3.05. The highest BCUT2D eigenvalue weighted by Gasteiger charge is 2.20. The molecule has 1 aromatic rings. The smallest absolute Gasteiger partial charge is 0.253 e. The third-order valence-corrected chi connectivity index (χ3v) is 4.50. The lowest BCUT2D eigenvalue weighted by atomic mass is 10.1. The summed E-state index contributed by atoms with van der Waals surface area (Å²) in [6, 6.07) is 4.73. The number of carbonyl (C=O) groups excluding carboxylic acids is 1. The molecule has 0 spiro atoms. The summed E-state index contributed by atoms with van der Waals surface area (Å²) >= 11 is 5.77. The van der Waals surface area contributed by atoms with Crippen LogP contribution in [0, 0.1) is 5.82 Å². The van der Waals surface area contributed by atoms with E-state index in [0.717, 1.165) is 11.4 Å². The second-order valence-electron chi connectivity index (χ2n) is 5.94. The predicted molar refractivity (Wildman–Crippen MR) is 98.6 cm³/mol. The van der Waals surface area contributed by atoms with Gasteiger partial charge in [-0.2, -0.15) is 0 Å². The van der Waals surface area contributed by atoms with Crippen LogP contribution in [-0.2, 0) is 11.3 Å². The van der Waals surface area contributed by atoms with Crippen molar-refractivity contribution in [2.75, 3.05) is 0 Å². The molecule has 26 heavy (non-hydrogen) atoms. The quantitative estimate of drug-likeness (QED) is 0.879. The predicted octanol–water partition coefficient (Wildman–Crippen LogP) is 3.93. The molecule has 1 N–H and O–H groups in total. The zero-order valence-electron chi connectivity index (χ0n) is 13.7. The molecule has 0 saturated heterocycles. The van der Waals surface area contributed by atoms with Crippen molar-refractivity contribution >= 4 is 17.5 Å². The third kappa shape index (κ3) is 3.09. The Labute approximate surface area is 155 Å². The maximum Gasteiger partial charge on any atom is 0.253 e. The zero-order valence-corrected chi connectivity index (χ0v) is 14.4. The van der Waals surface area contributed by atoms with Crippen molar-refractivity contribution in [1.82, 2.24) is 15.1 Å². The monoisotopic (exact) mass is 367 g/mol. The molecule has 3 aliphatic rings. The molecule has 0 aliphatic carbocycles. The number of hydrogen-bond donors (Lipinski definition) is 1. The molecule has 3 heterocycles. The van der Waals surface area contributed by atoms with Crippen molar-refractivity contribution in [2.24, 2.45) is 0 Å². The minimum Gasteiger partial charge on any atom is -0.348 e. The number of halogens is 2. The van der Waals surface area contributed by atoms with Gasteiger partial charge in [-0.15, -0.1) is 0 Å². The summed E-state index contributed by atoms with van der Waals surface area (Å²) in [6.07, 6.45) is 17.2. The molecule has 130 valence electrons. The van der Waals surface area contributed by atoms with Crippen LogP contribution >= 0.6 is 11.6 Å². The second kappa shape index (κ2) is 6.69. The number of rotatable bonds is 3. The maximum atomic E-state index is 13.9. The van der Waals surface area contributed by atoms with Gasteiger partial charge in [-0.25, -0.2) is 4.39 Å². The summed E-state index contributed by atoms with van der Waals surface area (Å²) < 4.78 is 13.9. The van der Waals surface area contributed by atoms with Crippen LogP contribution in [0.4, 0.5) is 4.39 Å². The van der Waals surface area contributed by atoms with Crippen molar-refractivity contribution in [3.8, 4) is 0 Å². The molecule has 0 bridgehead atoms. The molecular weight excluding hydrogens is 353 g/mol. The van der Waals surface area contributed by atoms with Crippen LogP contribution in [0.15, 0.2) is 90.3 Å². The number of nitrogens with zero attached hydrogens (tertiary/aromatic N) is 2. The molecule has 6 heteroatoms. The number of nitrogens with one attached hydrogen (secondary N) is 1. The van der Waals surface area contributed by atoms with E-state index >= 15 is 0 Å². The number of carbonyl (C=O) groups is 1. The minimum atomic E-state index is -0.508. The Morgan fingerprint density at radius 1 is 1.04 bits per heavy atom. The van der Waals surface area contributed by atoms with E-state index in [9.17, 15) is 9.18 Å². The normalized spacial score (nSPS) is 17.2. The Morgan fingerprint density at radius 3 is 2.73 bits per heavy atom. The average molecular weight is 368 g/mol. The van der Waals surface area contributed by atoms with Gasteiger partial charge in [0.15, 0.2) is 0 Å². The van der Waals surface area contributed by atoms with Crippen LogP contribution in [0.2, 0.25) is 5.02 Å². The first kappa shape index (κ1) is 16.4. The highest BCUT2D eigenvalue weighted by atomic mass is 35.5. The molecule has 1 aromatic carbocycles. The first-order chi connectivity index (χ1) is 12.6. The van der Waals surface area contributed by atoms with Gasteiger partial charge in [-0.05, 0) is 30.4 Å². The molecule has 0 atom stereocenters. The van der Waals surface area contributed by atoms with Gasteiger partial charge in [0.05, 0.1) is 22.0 Å². The van der Waals surface area contributed by atoms with Gasteiger partial charge in [0.1, 0.15) is 5.82 Å². The Morgan fingerprint density at radius 2 is 1.85 bits per heavy atom. The first-order valence-electron chi connectivity index (χ1n) is 8.08. The molecule has 3 aliphatic heterocycles. The van der Waals surface area contributed by atoms with Crippen LogP contribution in [-0.4, -0.2) is 15.7 Å². The second-order valence-corrected chi connectivity index (χ2v) is 6.34. The van der Waals surface area contributed by atoms with E-state index in [0.29, 0.717) is 11.1 Å². The molecule has 0 saturated carbocycles. The van der Waals surface area contributed by atoms with Gasteiger partial charge in [0.2, 0.25) is 0 Å². The highest BCUT2D eigenvalue weighted by Crippen LogP contribution is 2.27. The molecule has 0 aromatic heterocycles. The SMILES string of the molecule is O=C(NCc1cccc(Cl)c1F)C1=CN2C=C3C=CC=CN3C=C2C=C1. The lowest BCUT2D eigenvalue weighted by Crippen LogP contribution is -2.29. The molecule has 0 unspecified atom stereocenters. The molecular formula is C20H15ClFN3O. The largest absolute Gasteiger partial charge is 0.348 e. The minimum absolute atomic E-state index is 0.0439. The molecule has 0 fully saturated rings. The fraction of sp³-hybridized carbons (Fsp3) is 0.0500. The van der Waals surface area contributed by atoms with E-state index in [1.165, 1.54) is 6.07 Å². The van der Waals surface area contributed by atoms with Gasteiger partial charge in [0, 0.05) is 36.9 Å².